The van der Waals surface area contributed by atoms with E-state index >= 15 is 0 Å². The van der Waals surface area contributed by atoms with E-state index in [1.54, 1.807) is 58.7 Å². The summed E-state index contributed by atoms with van der Waals surface area (Å²) in [5.74, 6) is -0.0495. The van der Waals surface area contributed by atoms with Gasteiger partial charge in [-0.2, -0.15) is 15.5 Å². The number of nitrogens with zero attached hydrogens (tertiary/aromatic N) is 9. The molecule has 0 amide bonds. The van der Waals surface area contributed by atoms with Crippen LogP contribution in [-0.4, -0.2) is 68.3 Å². The molecule has 0 N–H and O–H groups in total. The molecular weight excluding hydrogens is 562 g/mol. The molecule has 0 fully saturated rings. The van der Waals surface area contributed by atoms with E-state index in [1.165, 1.54) is 6.92 Å². The van der Waals surface area contributed by atoms with Gasteiger partial charge in [-0.05, 0) is 48.5 Å². The fourth-order valence-electron chi connectivity index (χ4n) is 3.62. The first kappa shape index (κ1) is 33.4. The van der Waals surface area contributed by atoms with Crippen molar-refractivity contribution in [3.8, 4) is 40.0 Å². The number of rotatable bonds is 5. The minimum Gasteiger partial charge on any atom is -1.00 e. The van der Waals surface area contributed by atoms with Crippen LogP contribution in [0.2, 0.25) is 0 Å². The minimum absolute atomic E-state index is 0. The van der Waals surface area contributed by atoms with Crippen LogP contribution in [0.25, 0.3) is 33.9 Å². The molecule has 0 unspecified atom stereocenters. The van der Waals surface area contributed by atoms with Gasteiger partial charge in [0.1, 0.15) is 17.5 Å². The van der Waals surface area contributed by atoms with E-state index in [9.17, 15) is 4.79 Å². The van der Waals surface area contributed by atoms with Crippen LogP contribution in [0.3, 0.4) is 0 Å². The third-order valence-corrected chi connectivity index (χ3v) is 5.55. The second kappa shape index (κ2) is 15.9. The number of aromatic nitrogens is 8. The van der Waals surface area contributed by atoms with Crippen LogP contribution < -0.4 is 12.4 Å². The summed E-state index contributed by atoms with van der Waals surface area (Å²) in [7, 11) is 0. The maximum Gasteiger partial charge on any atom is 2.00 e. The second-order valence-corrected chi connectivity index (χ2v) is 8.25. The number of hydrogen-bond acceptors (Lipinski definition) is 8. The molecule has 0 bridgehead atoms. The van der Waals surface area contributed by atoms with Gasteiger partial charge in [0.05, 0.1) is 47.6 Å². The molecule has 42 heavy (non-hydrogen) atoms. The average Bonchev–Trinajstić information content (AvgIpc) is 3.70. The first-order valence-corrected chi connectivity index (χ1v) is 11.9. The standard InChI is InChI=1S/C15H12N4O.C14H9N5.CH3.ClH.Mg/c1-11(20)14-5-2-6-15(18-14)12-8-17-19(10-12)13-4-3-7-16-9-13;15-7-12-3-1-5-14(18-12)11-8-17-19(10-11)13-4-2-6-16-9-13;;;/h2-10H,1H3;1-6,8-10H;1H3;1H;/q;;-1;;+2/p-1. The van der Waals surface area contributed by atoms with Crippen molar-refractivity contribution in [1.29, 1.82) is 5.26 Å². The third kappa shape index (κ3) is 8.14. The number of carbonyl (C=O) groups is 1. The van der Waals surface area contributed by atoms with Gasteiger partial charge >= 0.3 is 23.1 Å². The molecule has 0 aromatic carbocycles. The van der Waals surface area contributed by atoms with Gasteiger partial charge < -0.3 is 19.8 Å². The number of Topliss-reactive ketones (excluding diaryl/α,β-unsaturated/α-hetero) is 1. The van der Waals surface area contributed by atoms with Crippen molar-refractivity contribution in [1.82, 2.24) is 39.5 Å². The molecule has 204 valence electrons. The van der Waals surface area contributed by atoms with Crippen LogP contribution in [0, 0.1) is 18.8 Å². The van der Waals surface area contributed by atoms with Gasteiger partial charge in [-0.15, -0.1) is 0 Å². The Labute approximate surface area is 265 Å². The van der Waals surface area contributed by atoms with Crippen LogP contribution in [-0.2, 0) is 0 Å². The summed E-state index contributed by atoms with van der Waals surface area (Å²) >= 11 is 0. The SMILES string of the molecule is CC(=O)c1cccc(-c2cnn(-c3cccnc3)c2)n1.N#Cc1cccc(-c2cnn(-c3cccnc3)c2)n1.[CH3-].[Cl-].[Mg+2]. The molecule has 0 aliphatic heterocycles. The average molecular weight is 586 g/mol. The zero-order valence-electron chi connectivity index (χ0n) is 22.9. The maximum absolute atomic E-state index is 11.4. The summed E-state index contributed by atoms with van der Waals surface area (Å²) in [5.41, 5.74) is 5.79. The molecule has 0 spiro atoms. The molecule has 6 aromatic rings. The fourth-order valence-corrected chi connectivity index (χ4v) is 3.62. The number of halogens is 1. The third-order valence-electron chi connectivity index (χ3n) is 5.55. The smallest absolute Gasteiger partial charge is 1.00 e. The Morgan fingerprint density at radius 2 is 1.26 bits per heavy atom. The summed E-state index contributed by atoms with van der Waals surface area (Å²) in [6, 6.07) is 20.3. The number of ketones is 1. The van der Waals surface area contributed by atoms with Gasteiger partial charge in [-0.25, -0.2) is 19.3 Å². The molecule has 6 aromatic heterocycles. The van der Waals surface area contributed by atoms with Gasteiger partial charge in [-0.1, -0.05) is 12.1 Å². The van der Waals surface area contributed by atoms with E-state index in [1.807, 2.05) is 67.0 Å². The van der Waals surface area contributed by atoms with Gasteiger partial charge in [0, 0.05) is 42.8 Å². The predicted octanol–water partition coefficient (Wildman–Crippen LogP) is 1.81. The molecule has 10 nitrogen and oxygen atoms in total. The van der Waals surface area contributed by atoms with E-state index in [2.05, 4.69) is 30.1 Å². The van der Waals surface area contributed by atoms with Crippen LogP contribution in [0.4, 0.5) is 0 Å². The van der Waals surface area contributed by atoms with Crippen molar-refractivity contribution in [2.45, 2.75) is 6.92 Å². The Kier molecular flexibility index (Phi) is 12.6. The molecule has 6 rings (SSSR count). The van der Waals surface area contributed by atoms with Crippen molar-refractivity contribution in [3.05, 3.63) is 129 Å². The van der Waals surface area contributed by atoms with Gasteiger partial charge in [0.25, 0.3) is 0 Å². The van der Waals surface area contributed by atoms with E-state index < -0.39 is 0 Å². The van der Waals surface area contributed by atoms with Crippen molar-refractivity contribution in [2.75, 3.05) is 0 Å². The van der Waals surface area contributed by atoms with E-state index in [0.717, 1.165) is 33.9 Å². The van der Waals surface area contributed by atoms with Gasteiger partial charge in [0.15, 0.2) is 5.78 Å². The molecule has 0 aliphatic rings. The topological polar surface area (TPSA) is 128 Å². The summed E-state index contributed by atoms with van der Waals surface area (Å²) in [5, 5.41) is 17.4. The van der Waals surface area contributed by atoms with E-state index in [-0.39, 0.29) is 48.7 Å². The molecular formula is C30H24ClMgN9O. The molecule has 6 heterocycles. The predicted molar refractivity (Wildman–Crippen MR) is 156 cm³/mol. The molecule has 0 aliphatic carbocycles. The van der Waals surface area contributed by atoms with Crippen LogP contribution in [0.5, 0.6) is 0 Å². The zero-order chi connectivity index (χ0) is 27.0. The van der Waals surface area contributed by atoms with Crippen LogP contribution >= 0.6 is 0 Å². The summed E-state index contributed by atoms with van der Waals surface area (Å²) in [6.07, 6.45) is 14.1. The second-order valence-electron chi connectivity index (χ2n) is 8.25. The Morgan fingerprint density at radius 1 is 0.738 bits per heavy atom. The number of pyridine rings is 4. The fraction of sp³-hybridized carbons (Fsp3) is 0.0333. The summed E-state index contributed by atoms with van der Waals surface area (Å²) in [6.45, 7) is 1.51. The maximum atomic E-state index is 11.4. The Bertz CT molecular complexity index is 1770. The van der Waals surface area contributed by atoms with E-state index in [0.29, 0.717) is 11.4 Å². The van der Waals surface area contributed by atoms with Crippen molar-refractivity contribution < 1.29 is 17.2 Å². The Balaban J connectivity index is 0.000000274. The molecule has 0 atom stereocenters. The number of hydrogen-bond donors (Lipinski definition) is 0. The molecule has 0 saturated heterocycles. The summed E-state index contributed by atoms with van der Waals surface area (Å²) < 4.78 is 3.45. The monoisotopic (exact) mass is 585 g/mol. The normalized spacial score (nSPS) is 9.52. The van der Waals surface area contributed by atoms with E-state index in [4.69, 9.17) is 5.26 Å². The quantitative estimate of drug-likeness (QED) is 0.170. The zero-order valence-corrected chi connectivity index (χ0v) is 25.1. The molecule has 12 heteroatoms. The number of nitriles is 1. The molecule has 0 saturated carbocycles. The van der Waals surface area contributed by atoms with Crippen molar-refractivity contribution >= 4 is 28.8 Å². The first-order chi connectivity index (χ1) is 19.1. The number of carbonyl (C=O) groups excluding carboxylic acids is 1. The Hall–Kier alpha value is -4.76. The first-order valence-electron chi connectivity index (χ1n) is 11.9. The van der Waals surface area contributed by atoms with Crippen molar-refractivity contribution in [3.63, 3.8) is 0 Å². The summed E-state index contributed by atoms with van der Waals surface area (Å²) in [4.78, 5) is 28.0. The minimum atomic E-state index is -0.0495. The van der Waals surface area contributed by atoms with Gasteiger partial charge in [0.2, 0.25) is 0 Å². The van der Waals surface area contributed by atoms with Crippen LogP contribution in [0.15, 0.2) is 110 Å². The van der Waals surface area contributed by atoms with Gasteiger partial charge in [-0.3, -0.25) is 14.8 Å². The molecule has 0 radical (unpaired) electrons. The van der Waals surface area contributed by atoms with Crippen molar-refractivity contribution in [2.24, 2.45) is 0 Å². The van der Waals surface area contributed by atoms with Crippen LogP contribution in [0.1, 0.15) is 23.1 Å². The Morgan fingerprint density at radius 3 is 1.74 bits per heavy atom. The largest absolute Gasteiger partial charge is 2.00 e.